The predicted octanol–water partition coefficient (Wildman–Crippen LogP) is 1.74. The summed E-state index contributed by atoms with van der Waals surface area (Å²) in [6, 6.07) is 6.34. The third kappa shape index (κ3) is 3.46. The van der Waals surface area contributed by atoms with Crippen LogP contribution in [0.5, 0.6) is 0 Å². The summed E-state index contributed by atoms with van der Waals surface area (Å²) >= 11 is 3.39. The Morgan fingerprint density at radius 3 is 3.06 bits per heavy atom. The van der Waals surface area contributed by atoms with Crippen molar-refractivity contribution in [2.24, 2.45) is 0 Å². The number of halogens is 1. The Morgan fingerprint density at radius 1 is 1.61 bits per heavy atom. The van der Waals surface area contributed by atoms with Crippen molar-refractivity contribution < 1.29 is 4.79 Å². The molecule has 1 saturated heterocycles. The first kappa shape index (κ1) is 13.4. The van der Waals surface area contributed by atoms with Gasteiger partial charge in [0.25, 0.3) is 0 Å². The van der Waals surface area contributed by atoms with Crippen LogP contribution in [0.3, 0.4) is 0 Å². The third-order valence-corrected chi connectivity index (χ3v) is 3.87. The van der Waals surface area contributed by atoms with E-state index >= 15 is 0 Å². The summed E-state index contributed by atoms with van der Waals surface area (Å²) in [5, 5.41) is 2.97. The number of benzene rings is 1. The van der Waals surface area contributed by atoms with Gasteiger partial charge in [0.2, 0.25) is 5.91 Å². The zero-order chi connectivity index (χ0) is 13.1. The van der Waals surface area contributed by atoms with Crippen LogP contribution in [0, 0.1) is 0 Å². The second-order valence-electron chi connectivity index (χ2n) is 4.78. The van der Waals surface area contributed by atoms with Gasteiger partial charge in [-0.3, -0.25) is 9.69 Å². The fraction of sp³-hybridized carbons (Fsp3) is 0.462. The van der Waals surface area contributed by atoms with E-state index in [-0.39, 0.29) is 11.9 Å². The van der Waals surface area contributed by atoms with E-state index in [1.807, 2.05) is 12.1 Å². The largest absolute Gasteiger partial charge is 0.398 e. The zero-order valence-electron chi connectivity index (χ0n) is 10.4. The first-order valence-corrected chi connectivity index (χ1v) is 6.87. The van der Waals surface area contributed by atoms with E-state index in [2.05, 4.69) is 32.2 Å². The molecular formula is C13H18BrN3O. The number of hydrogen-bond donors (Lipinski definition) is 2. The number of nitrogen functional groups attached to an aromatic ring is 1. The van der Waals surface area contributed by atoms with E-state index in [9.17, 15) is 4.79 Å². The summed E-state index contributed by atoms with van der Waals surface area (Å²) in [5.41, 5.74) is 7.84. The molecule has 1 aliphatic rings. The number of anilines is 1. The number of nitrogens with two attached hydrogens (primary N) is 1. The maximum atomic E-state index is 11.0. The number of nitrogens with one attached hydrogen (secondary N) is 1. The molecule has 98 valence electrons. The Hall–Kier alpha value is -1.07. The lowest BCUT2D eigenvalue weighted by molar-refractivity contribution is -0.119. The second kappa shape index (κ2) is 5.71. The van der Waals surface area contributed by atoms with Gasteiger partial charge in [-0.05, 0) is 40.0 Å². The molecule has 0 bridgehead atoms. The van der Waals surface area contributed by atoms with Crippen molar-refractivity contribution in [2.45, 2.75) is 25.9 Å². The normalized spacial score (nSPS) is 20.0. The summed E-state index contributed by atoms with van der Waals surface area (Å²) in [6.07, 6.45) is 1.02. The number of carbonyl (C=O) groups is 1. The smallest absolute Gasteiger partial charge is 0.217 e. The zero-order valence-corrected chi connectivity index (χ0v) is 12.0. The van der Waals surface area contributed by atoms with E-state index in [1.165, 1.54) is 5.56 Å². The second-order valence-corrected chi connectivity index (χ2v) is 5.63. The Morgan fingerprint density at radius 2 is 2.39 bits per heavy atom. The molecule has 0 saturated carbocycles. The highest BCUT2D eigenvalue weighted by atomic mass is 79.9. The molecule has 1 fully saturated rings. The van der Waals surface area contributed by atoms with E-state index in [1.54, 1.807) is 6.92 Å². The maximum absolute atomic E-state index is 11.0. The summed E-state index contributed by atoms with van der Waals surface area (Å²) in [4.78, 5) is 13.3. The minimum absolute atomic E-state index is 0.0507. The quantitative estimate of drug-likeness (QED) is 0.836. The van der Waals surface area contributed by atoms with Gasteiger partial charge in [0, 0.05) is 42.8 Å². The molecule has 1 unspecified atom stereocenters. The van der Waals surface area contributed by atoms with Gasteiger partial charge < -0.3 is 11.1 Å². The average Bonchev–Trinajstić information content (AvgIpc) is 2.70. The van der Waals surface area contributed by atoms with Crippen LogP contribution in [0.15, 0.2) is 22.7 Å². The Balaban J connectivity index is 1.91. The molecule has 1 atom stereocenters. The van der Waals surface area contributed by atoms with Crippen LogP contribution >= 0.6 is 15.9 Å². The summed E-state index contributed by atoms with van der Waals surface area (Å²) in [6.45, 7) is 4.38. The lowest BCUT2D eigenvalue weighted by Crippen LogP contribution is -2.35. The van der Waals surface area contributed by atoms with Crippen molar-refractivity contribution in [1.82, 2.24) is 10.2 Å². The van der Waals surface area contributed by atoms with Crippen molar-refractivity contribution in [1.29, 1.82) is 0 Å². The molecule has 0 aromatic heterocycles. The van der Waals surface area contributed by atoms with Crippen molar-refractivity contribution >= 4 is 27.5 Å². The van der Waals surface area contributed by atoms with Crippen LogP contribution in [0.4, 0.5) is 5.69 Å². The third-order valence-electron chi connectivity index (χ3n) is 3.15. The highest BCUT2D eigenvalue weighted by Gasteiger charge is 2.22. The van der Waals surface area contributed by atoms with Gasteiger partial charge in [-0.1, -0.05) is 6.07 Å². The highest BCUT2D eigenvalue weighted by Crippen LogP contribution is 2.22. The Labute approximate surface area is 116 Å². The molecular weight excluding hydrogens is 294 g/mol. The van der Waals surface area contributed by atoms with Gasteiger partial charge >= 0.3 is 0 Å². The molecule has 0 radical (unpaired) electrons. The van der Waals surface area contributed by atoms with Crippen LogP contribution in [0.1, 0.15) is 18.9 Å². The van der Waals surface area contributed by atoms with Gasteiger partial charge in [-0.2, -0.15) is 0 Å². The molecule has 0 spiro atoms. The van der Waals surface area contributed by atoms with Crippen molar-refractivity contribution in [2.75, 3.05) is 18.8 Å². The van der Waals surface area contributed by atoms with E-state index in [4.69, 9.17) is 5.73 Å². The number of rotatable bonds is 3. The van der Waals surface area contributed by atoms with Crippen LogP contribution in [0.2, 0.25) is 0 Å². The topological polar surface area (TPSA) is 58.4 Å². The molecule has 4 nitrogen and oxygen atoms in total. The van der Waals surface area contributed by atoms with Gasteiger partial charge in [0.05, 0.1) is 0 Å². The molecule has 2 rings (SSSR count). The Bertz CT molecular complexity index is 450. The molecule has 1 heterocycles. The fourth-order valence-electron chi connectivity index (χ4n) is 2.33. The lowest BCUT2D eigenvalue weighted by Gasteiger charge is -2.16. The van der Waals surface area contributed by atoms with Crippen LogP contribution in [-0.4, -0.2) is 29.9 Å². The molecule has 5 heteroatoms. The highest BCUT2D eigenvalue weighted by molar-refractivity contribution is 9.10. The molecule has 18 heavy (non-hydrogen) atoms. The fourth-order valence-corrected chi connectivity index (χ4v) is 2.58. The van der Waals surface area contributed by atoms with Gasteiger partial charge in [0.15, 0.2) is 0 Å². The van der Waals surface area contributed by atoms with Crippen LogP contribution in [0.25, 0.3) is 0 Å². The average molecular weight is 312 g/mol. The van der Waals surface area contributed by atoms with Crippen molar-refractivity contribution in [3.05, 3.63) is 28.2 Å². The number of carbonyl (C=O) groups excluding carboxylic acids is 1. The number of nitrogens with zero attached hydrogens (tertiary/aromatic N) is 1. The molecule has 1 aromatic carbocycles. The first-order valence-electron chi connectivity index (χ1n) is 6.08. The number of amides is 1. The van der Waals surface area contributed by atoms with Crippen LogP contribution in [-0.2, 0) is 11.3 Å². The van der Waals surface area contributed by atoms with Gasteiger partial charge in [0.1, 0.15) is 0 Å². The summed E-state index contributed by atoms with van der Waals surface area (Å²) < 4.78 is 0.934. The predicted molar refractivity (Wildman–Crippen MR) is 76.1 cm³/mol. The van der Waals surface area contributed by atoms with Crippen LogP contribution < -0.4 is 11.1 Å². The molecule has 1 aliphatic heterocycles. The SMILES string of the molecule is CC(=O)NC1CCN(Cc2ccc(Br)c(N)c2)C1. The first-order chi connectivity index (χ1) is 8.54. The minimum Gasteiger partial charge on any atom is -0.398 e. The van der Waals surface area contributed by atoms with E-state index < -0.39 is 0 Å². The van der Waals surface area contributed by atoms with Gasteiger partial charge in [-0.25, -0.2) is 0 Å². The number of hydrogen-bond acceptors (Lipinski definition) is 3. The monoisotopic (exact) mass is 311 g/mol. The van der Waals surface area contributed by atoms with Gasteiger partial charge in [-0.15, -0.1) is 0 Å². The van der Waals surface area contributed by atoms with Crippen molar-refractivity contribution in [3.8, 4) is 0 Å². The molecule has 0 aliphatic carbocycles. The summed E-state index contributed by atoms with van der Waals surface area (Å²) in [7, 11) is 0. The van der Waals surface area contributed by atoms with E-state index in [0.717, 1.165) is 36.2 Å². The Kier molecular flexibility index (Phi) is 4.24. The maximum Gasteiger partial charge on any atom is 0.217 e. The molecule has 1 aromatic rings. The lowest BCUT2D eigenvalue weighted by atomic mass is 10.2. The molecule has 3 N–H and O–H groups in total. The molecule has 1 amide bonds. The minimum atomic E-state index is 0.0507. The summed E-state index contributed by atoms with van der Waals surface area (Å²) in [5.74, 6) is 0.0507. The number of likely N-dealkylation sites (tertiary alicyclic amines) is 1. The van der Waals surface area contributed by atoms with Crippen molar-refractivity contribution in [3.63, 3.8) is 0 Å². The van der Waals surface area contributed by atoms with E-state index in [0.29, 0.717) is 0 Å². The standard InChI is InChI=1S/C13H18BrN3O/c1-9(18)16-11-4-5-17(8-11)7-10-2-3-12(14)13(15)6-10/h2-3,6,11H,4-5,7-8,15H2,1H3,(H,16,18).